The predicted octanol–water partition coefficient (Wildman–Crippen LogP) is 2.13. The summed E-state index contributed by atoms with van der Waals surface area (Å²) in [6.07, 6.45) is 0.00831. The molecule has 0 unspecified atom stereocenters. The average molecular weight is 382 g/mol. The summed E-state index contributed by atoms with van der Waals surface area (Å²) in [6.45, 7) is 5.38. The van der Waals surface area contributed by atoms with Crippen molar-refractivity contribution < 1.29 is 14.4 Å². The summed E-state index contributed by atoms with van der Waals surface area (Å²) < 4.78 is 0. The number of nitrogens with one attached hydrogen (secondary N) is 4. The van der Waals surface area contributed by atoms with Crippen LogP contribution in [0.1, 0.15) is 36.1 Å². The third-order valence-corrected chi connectivity index (χ3v) is 4.13. The summed E-state index contributed by atoms with van der Waals surface area (Å²) in [7, 11) is 0. The molecule has 0 spiro atoms. The lowest BCUT2D eigenvalue weighted by molar-refractivity contribution is -0.128. The van der Waals surface area contributed by atoms with E-state index in [1.165, 1.54) is 6.92 Å². The molecular weight excluding hydrogens is 356 g/mol. The Morgan fingerprint density at radius 1 is 0.929 bits per heavy atom. The Labute approximate surface area is 164 Å². The molecule has 28 heavy (non-hydrogen) atoms. The first-order valence-electron chi connectivity index (χ1n) is 9.06. The first kappa shape index (κ1) is 21.0. The van der Waals surface area contributed by atoms with E-state index in [0.29, 0.717) is 0 Å². The minimum atomic E-state index is -0.469. The fourth-order valence-corrected chi connectivity index (χ4v) is 2.79. The molecule has 0 saturated heterocycles. The third kappa shape index (κ3) is 6.75. The molecule has 0 bridgehead atoms. The zero-order valence-corrected chi connectivity index (χ0v) is 16.3. The van der Waals surface area contributed by atoms with E-state index in [1.54, 1.807) is 0 Å². The quantitative estimate of drug-likeness (QED) is 0.551. The molecule has 2 aromatic rings. The molecule has 3 amide bonds. The van der Waals surface area contributed by atoms with Crippen molar-refractivity contribution in [3.63, 3.8) is 0 Å². The molecule has 0 saturated carbocycles. The first-order valence-corrected chi connectivity index (χ1v) is 9.06. The second-order valence-corrected chi connectivity index (χ2v) is 6.64. The van der Waals surface area contributed by atoms with Gasteiger partial charge in [-0.2, -0.15) is 0 Å². The van der Waals surface area contributed by atoms with E-state index in [9.17, 15) is 14.4 Å². The Hall–Kier alpha value is -3.35. The normalized spacial score (nSPS) is 11.2. The molecule has 148 valence electrons. The van der Waals surface area contributed by atoms with E-state index < -0.39 is 11.9 Å². The molecule has 0 heterocycles. The number of rotatable bonds is 7. The number of benzene rings is 2. The van der Waals surface area contributed by atoms with Crippen molar-refractivity contribution in [2.75, 3.05) is 11.9 Å². The Kier molecular flexibility index (Phi) is 7.56. The predicted molar refractivity (Wildman–Crippen MR) is 108 cm³/mol. The Balaban J connectivity index is 1.82. The van der Waals surface area contributed by atoms with E-state index in [0.717, 1.165) is 22.4 Å². The van der Waals surface area contributed by atoms with Crippen LogP contribution in [0.25, 0.3) is 0 Å². The summed E-state index contributed by atoms with van der Waals surface area (Å²) >= 11 is 0. The fourth-order valence-electron chi connectivity index (χ4n) is 2.79. The summed E-state index contributed by atoms with van der Waals surface area (Å²) in [5.74, 6) is -1.00. The van der Waals surface area contributed by atoms with Crippen LogP contribution in [0.2, 0.25) is 0 Å². The SMILES string of the molecule is CC(=O)N[C@@H](CC(=O)NNC(=O)CNc1ccc(C)cc1C)c1ccccc1. The van der Waals surface area contributed by atoms with Crippen LogP contribution in [-0.2, 0) is 14.4 Å². The van der Waals surface area contributed by atoms with Gasteiger partial charge in [0, 0.05) is 12.6 Å². The molecule has 0 aliphatic rings. The summed E-state index contributed by atoms with van der Waals surface area (Å²) in [5, 5.41) is 5.78. The Bertz CT molecular complexity index is 837. The molecule has 0 aromatic heterocycles. The van der Waals surface area contributed by atoms with Crippen LogP contribution in [0.4, 0.5) is 5.69 Å². The van der Waals surface area contributed by atoms with Gasteiger partial charge in [0.2, 0.25) is 11.8 Å². The number of aryl methyl sites for hydroxylation is 2. The van der Waals surface area contributed by atoms with E-state index in [4.69, 9.17) is 0 Å². The lowest BCUT2D eigenvalue weighted by Crippen LogP contribution is -2.45. The lowest BCUT2D eigenvalue weighted by atomic mass is 10.0. The monoisotopic (exact) mass is 382 g/mol. The minimum Gasteiger partial charge on any atom is -0.376 e. The molecule has 2 rings (SSSR count). The zero-order valence-electron chi connectivity index (χ0n) is 16.3. The molecular formula is C21H26N4O3. The molecule has 0 radical (unpaired) electrons. The van der Waals surface area contributed by atoms with Crippen molar-refractivity contribution in [3.8, 4) is 0 Å². The van der Waals surface area contributed by atoms with Crippen molar-refractivity contribution in [2.24, 2.45) is 0 Å². The summed E-state index contributed by atoms with van der Waals surface area (Å²) in [6, 6.07) is 14.6. The van der Waals surface area contributed by atoms with Crippen LogP contribution in [0, 0.1) is 13.8 Å². The van der Waals surface area contributed by atoms with Gasteiger partial charge in [0.15, 0.2) is 0 Å². The van der Waals surface area contributed by atoms with Crippen LogP contribution in [0.15, 0.2) is 48.5 Å². The van der Waals surface area contributed by atoms with Crippen molar-refractivity contribution in [2.45, 2.75) is 33.2 Å². The maximum Gasteiger partial charge on any atom is 0.257 e. The number of hydrogen-bond donors (Lipinski definition) is 4. The highest BCUT2D eigenvalue weighted by Gasteiger charge is 2.17. The number of carbonyl (C=O) groups excluding carboxylic acids is 3. The van der Waals surface area contributed by atoms with Crippen LogP contribution in [-0.4, -0.2) is 24.3 Å². The topological polar surface area (TPSA) is 99.3 Å². The molecule has 7 heteroatoms. The molecule has 0 aliphatic carbocycles. The highest BCUT2D eigenvalue weighted by molar-refractivity contribution is 5.85. The van der Waals surface area contributed by atoms with Gasteiger partial charge < -0.3 is 10.6 Å². The van der Waals surface area contributed by atoms with Crippen LogP contribution < -0.4 is 21.5 Å². The highest BCUT2D eigenvalue weighted by atomic mass is 16.2. The smallest absolute Gasteiger partial charge is 0.257 e. The van der Waals surface area contributed by atoms with Crippen molar-refractivity contribution >= 4 is 23.4 Å². The maximum atomic E-state index is 12.2. The summed E-state index contributed by atoms with van der Waals surface area (Å²) in [4.78, 5) is 35.6. The Morgan fingerprint density at radius 3 is 2.25 bits per heavy atom. The molecule has 0 fully saturated rings. The largest absolute Gasteiger partial charge is 0.376 e. The van der Waals surface area contributed by atoms with Gasteiger partial charge in [0.1, 0.15) is 0 Å². The van der Waals surface area contributed by atoms with Crippen LogP contribution in [0.5, 0.6) is 0 Å². The van der Waals surface area contributed by atoms with Gasteiger partial charge in [0.05, 0.1) is 19.0 Å². The van der Waals surface area contributed by atoms with E-state index >= 15 is 0 Å². The van der Waals surface area contributed by atoms with Crippen molar-refractivity contribution in [3.05, 3.63) is 65.2 Å². The summed E-state index contributed by atoms with van der Waals surface area (Å²) in [5.41, 5.74) is 8.63. The van der Waals surface area contributed by atoms with Crippen LogP contribution >= 0.6 is 0 Å². The van der Waals surface area contributed by atoms with Gasteiger partial charge in [-0.1, -0.05) is 48.0 Å². The Morgan fingerprint density at radius 2 is 1.61 bits per heavy atom. The van der Waals surface area contributed by atoms with E-state index in [1.807, 2.05) is 62.4 Å². The number of hydrazine groups is 1. The van der Waals surface area contributed by atoms with Gasteiger partial charge in [-0.05, 0) is 31.0 Å². The van der Waals surface area contributed by atoms with Crippen molar-refractivity contribution in [1.82, 2.24) is 16.2 Å². The number of hydrogen-bond acceptors (Lipinski definition) is 4. The zero-order chi connectivity index (χ0) is 20.5. The second-order valence-electron chi connectivity index (χ2n) is 6.64. The number of amides is 3. The lowest BCUT2D eigenvalue weighted by Gasteiger charge is -2.18. The standard InChI is InChI=1S/C21H26N4O3/c1-14-9-10-18(15(2)11-14)22-13-21(28)25-24-20(27)12-19(23-16(3)26)17-7-5-4-6-8-17/h4-11,19,22H,12-13H2,1-3H3,(H,23,26)(H,24,27)(H,25,28)/t19-/m0/s1. The van der Waals surface area contributed by atoms with Gasteiger partial charge in [-0.3, -0.25) is 25.2 Å². The van der Waals surface area contributed by atoms with Gasteiger partial charge in [-0.15, -0.1) is 0 Å². The number of anilines is 1. The number of carbonyl (C=O) groups is 3. The van der Waals surface area contributed by atoms with E-state index in [-0.39, 0.29) is 24.8 Å². The fraction of sp³-hybridized carbons (Fsp3) is 0.286. The second kappa shape index (κ2) is 10.1. The third-order valence-electron chi connectivity index (χ3n) is 4.13. The molecule has 1 atom stereocenters. The van der Waals surface area contributed by atoms with Gasteiger partial charge >= 0.3 is 0 Å². The highest BCUT2D eigenvalue weighted by Crippen LogP contribution is 2.16. The maximum absolute atomic E-state index is 12.2. The minimum absolute atomic E-state index is 0.00831. The van der Waals surface area contributed by atoms with Crippen LogP contribution in [0.3, 0.4) is 0 Å². The first-order chi connectivity index (χ1) is 13.3. The van der Waals surface area contributed by atoms with Gasteiger partial charge in [-0.25, -0.2) is 0 Å². The molecule has 4 N–H and O–H groups in total. The van der Waals surface area contributed by atoms with E-state index in [2.05, 4.69) is 21.5 Å². The average Bonchev–Trinajstić information content (AvgIpc) is 2.65. The molecule has 0 aliphatic heterocycles. The van der Waals surface area contributed by atoms with Crippen molar-refractivity contribution in [1.29, 1.82) is 0 Å². The molecule has 2 aromatic carbocycles. The molecule has 7 nitrogen and oxygen atoms in total. The van der Waals surface area contributed by atoms with Gasteiger partial charge in [0.25, 0.3) is 5.91 Å².